The van der Waals surface area contributed by atoms with Crippen LogP contribution in [0.1, 0.15) is 24.5 Å². The SMILES string of the molecule is NCCC[C@H](Oc1ccccc1)c1ccccc1. The zero-order chi connectivity index (χ0) is 12.6. The summed E-state index contributed by atoms with van der Waals surface area (Å²) in [5.41, 5.74) is 6.80. The van der Waals surface area contributed by atoms with Gasteiger partial charge in [-0.05, 0) is 37.1 Å². The average molecular weight is 241 g/mol. The third kappa shape index (κ3) is 3.60. The van der Waals surface area contributed by atoms with E-state index in [1.54, 1.807) is 0 Å². The molecule has 2 heteroatoms. The molecular formula is C16H19NO. The fourth-order valence-corrected chi connectivity index (χ4v) is 1.93. The van der Waals surface area contributed by atoms with Gasteiger partial charge in [-0.25, -0.2) is 0 Å². The van der Waals surface area contributed by atoms with Gasteiger partial charge in [0.2, 0.25) is 0 Å². The summed E-state index contributed by atoms with van der Waals surface area (Å²) < 4.78 is 6.05. The molecule has 2 N–H and O–H groups in total. The molecule has 0 aliphatic heterocycles. The summed E-state index contributed by atoms with van der Waals surface area (Å²) in [7, 11) is 0. The highest BCUT2D eigenvalue weighted by atomic mass is 16.5. The van der Waals surface area contributed by atoms with Crippen LogP contribution in [0.25, 0.3) is 0 Å². The number of hydrogen-bond donors (Lipinski definition) is 1. The van der Waals surface area contributed by atoms with Gasteiger partial charge in [0.1, 0.15) is 11.9 Å². The van der Waals surface area contributed by atoms with Crippen molar-refractivity contribution in [2.45, 2.75) is 18.9 Å². The number of nitrogens with two attached hydrogens (primary N) is 1. The van der Waals surface area contributed by atoms with Gasteiger partial charge >= 0.3 is 0 Å². The van der Waals surface area contributed by atoms with Gasteiger partial charge in [0.15, 0.2) is 0 Å². The Morgan fingerprint density at radius 1 is 0.889 bits per heavy atom. The van der Waals surface area contributed by atoms with E-state index in [1.165, 1.54) is 5.56 Å². The highest BCUT2D eigenvalue weighted by Gasteiger charge is 2.12. The van der Waals surface area contributed by atoms with E-state index in [1.807, 2.05) is 48.5 Å². The van der Waals surface area contributed by atoms with Crippen molar-refractivity contribution in [3.8, 4) is 5.75 Å². The molecule has 0 saturated carbocycles. The highest BCUT2D eigenvalue weighted by molar-refractivity contribution is 5.24. The molecular weight excluding hydrogens is 222 g/mol. The molecule has 2 nitrogen and oxygen atoms in total. The predicted octanol–water partition coefficient (Wildman–Crippen LogP) is 3.55. The minimum atomic E-state index is 0.0807. The van der Waals surface area contributed by atoms with Gasteiger partial charge in [0, 0.05) is 0 Å². The minimum absolute atomic E-state index is 0.0807. The molecule has 0 radical (unpaired) electrons. The summed E-state index contributed by atoms with van der Waals surface area (Å²) in [6.07, 6.45) is 1.99. The average Bonchev–Trinajstić information content (AvgIpc) is 2.45. The van der Waals surface area contributed by atoms with E-state index < -0.39 is 0 Å². The molecule has 18 heavy (non-hydrogen) atoms. The van der Waals surface area contributed by atoms with Gasteiger partial charge in [-0.15, -0.1) is 0 Å². The molecule has 0 aliphatic rings. The van der Waals surface area contributed by atoms with Gasteiger partial charge in [0.25, 0.3) is 0 Å². The molecule has 0 fully saturated rings. The second kappa shape index (κ2) is 6.82. The Hall–Kier alpha value is -1.80. The smallest absolute Gasteiger partial charge is 0.124 e. The Morgan fingerprint density at radius 3 is 2.11 bits per heavy atom. The van der Waals surface area contributed by atoms with E-state index in [4.69, 9.17) is 10.5 Å². The summed E-state index contributed by atoms with van der Waals surface area (Å²) in [5.74, 6) is 0.906. The van der Waals surface area contributed by atoms with Crippen LogP contribution in [0.3, 0.4) is 0 Å². The second-order valence-corrected chi connectivity index (χ2v) is 4.26. The van der Waals surface area contributed by atoms with E-state index in [-0.39, 0.29) is 6.10 Å². The Morgan fingerprint density at radius 2 is 1.50 bits per heavy atom. The van der Waals surface area contributed by atoms with Gasteiger partial charge in [-0.3, -0.25) is 0 Å². The first-order chi connectivity index (χ1) is 8.90. The zero-order valence-corrected chi connectivity index (χ0v) is 10.5. The largest absolute Gasteiger partial charge is 0.486 e. The predicted molar refractivity (Wildman–Crippen MR) is 74.5 cm³/mol. The molecule has 0 unspecified atom stereocenters. The summed E-state index contributed by atoms with van der Waals surface area (Å²) in [6.45, 7) is 0.696. The fourth-order valence-electron chi connectivity index (χ4n) is 1.93. The fraction of sp³-hybridized carbons (Fsp3) is 0.250. The van der Waals surface area contributed by atoms with Crippen LogP contribution in [-0.4, -0.2) is 6.54 Å². The van der Waals surface area contributed by atoms with Crippen LogP contribution < -0.4 is 10.5 Å². The molecule has 0 heterocycles. The number of benzene rings is 2. The molecule has 0 amide bonds. The number of ether oxygens (including phenoxy) is 1. The van der Waals surface area contributed by atoms with Crippen molar-refractivity contribution in [3.05, 3.63) is 66.2 Å². The zero-order valence-electron chi connectivity index (χ0n) is 10.5. The van der Waals surface area contributed by atoms with Crippen LogP contribution in [0.2, 0.25) is 0 Å². The summed E-state index contributed by atoms with van der Waals surface area (Å²) in [5, 5.41) is 0. The number of rotatable bonds is 6. The summed E-state index contributed by atoms with van der Waals surface area (Å²) in [6, 6.07) is 20.2. The van der Waals surface area contributed by atoms with Crippen molar-refractivity contribution in [1.29, 1.82) is 0 Å². The molecule has 0 aliphatic carbocycles. The molecule has 2 aromatic rings. The van der Waals surface area contributed by atoms with Crippen LogP contribution in [0.5, 0.6) is 5.75 Å². The van der Waals surface area contributed by atoms with Gasteiger partial charge < -0.3 is 10.5 Å². The molecule has 0 bridgehead atoms. The minimum Gasteiger partial charge on any atom is -0.486 e. The lowest BCUT2D eigenvalue weighted by Crippen LogP contribution is -2.10. The third-order valence-electron chi connectivity index (χ3n) is 2.86. The van der Waals surface area contributed by atoms with Crippen LogP contribution in [0.15, 0.2) is 60.7 Å². The monoisotopic (exact) mass is 241 g/mol. The lowest BCUT2D eigenvalue weighted by Gasteiger charge is -2.19. The Bertz CT molecular complexity index is 441. The van der Waals surface area contributed by atoms with Crippen LogP contribution in [0.4, 0.5) is 0 Å². The van der Waals surface area contributed by atoms with E-state index in [9.17, 15) is 0 Å². The first kappa shape index (κ1) is 12.7. The Balaban J connectivity index is 2.10. The van der Waals surface area contributed by atoms with E-state index in [0.717, 1.165) is 18.6 Å². The molecule has 0 aromatic heterocycles. The van der Waals surface area contributed by atoms with Crippen LogP contribution >= 0.6 is 0 Å². The topological polar surface area (TPSA) is 35.2 Å². The van der Waals surface area contributed by atoms with E-state index in [2.05, 4.69) is 12.1 Å². The van der Waals surface area contributed by atoms with Gasteiger partial charge in [0.05, 0.1) is 0 Å². The van der Waals surface area contributed by atoms with Crippen molar-refractivity contribution in [1.82, 2.24) is 0 Å². The lowest BCUT2D eigenvalue weighted by atomic mass is 10.0. The molecule has 0 spiro atoms. The maximum atomic E-state index is 6.05. The second-order valence-electron chi connectivity index (χ2n) is 4.26. The van der Waals surface area contributed by atoms with Gasteiger partial charge in [-0.2, -0.15) is 0 Å². The van der Waals surface area contributed by atoms with Crippen molar-refractivity contribution in [2.75, 3.05) is 6.54 Å². The van der Waals surface area contributed by atoms with Gasteiger partial charge in [-0.1, -0.05) is 48.5 Å². The Kier molecular flexibility index (Phi) is 4.79. The van der Waals surface area contributed by atoms with Crippen molar-refractivity contribution < 1.29 is 4.74 Å². The molecule has 2 aromatic carbocycles. The van der Waals surface area contributed by atoms with Crippen molar-refractivity contribution in [3.63, 3.8) is 0 Å². The lowest BCUT2D eigenvalue weighted by molar-refractivity contribution is 0.192. The van der Waals surface area contributed by atoms with Crippen molar-refractivity contribution >= 4 is 0 Å². The molecule has 2 rings (SSSR count). The first-order valence-corrected chi connectivity index (χ1v) is 6.37. The maximum Gasteiger partial charge on any atom is 0.124 e. The standard InChI is InChI=1S/C16H19NO/c17-13-7-12-16(14-8-3-1-4-9-14)18-15-10-5-2-6-11-15/h1-6,8-11,16H,7,12-13,17H2/t16-/m0/s1. The maximum absolute atomic E-state index is 6.05. The molecule has 1 atom stereocenters. The summed E-state index contributed by atoms with van der Waals surface area (Å²) in [4.78, 5) is 0. The van der Waals surface area contributed by atoms with E-state index >= 15 is 0 Å². The van der Waals surface area contributed by atoms with Crippen LogP contribution in [0, 0.1) is 0 Å². The third-order valence-corrected chi connectivity index (χ3v) is 2.86. The van der Waals surface area contributed by atoms with Crippen molar-refractivity contribution in [2.24, 2.45) is 5.73 Å². The molecule has 94 valence electrons. The van der Waals surface area contributed by atoms with E-state index in [0.29, 0.717) is 6.54 Å². The number of para-hydroxylation sites is 1. The van der Waals surface area contributed by atoms with Crippen LogP contribution in [-0.2, 0) is 0 Å². The number of hydrogen-bond acceptors (Lipinski definition) is 2. The first-order valence-electron chi connectivity index (χ1n) is 6.37. The molecule has 0 saturated heterocycles. The summed E-state index contributed by atoms with van der Waals surface area (Å²) >= 11 is 0. The normalized spacial score (nSPS) is 12.1. The highest BCUT2D eigenvalue weighted by Crippen LogP contribution is 2.25. The Labute approximate surface area is 108 Å². The quantitative estimate of drug-likeness (QED) is 0.839.